The topological polar surface area (TPSA) is 72.2 Å². The Bertz CT molecular complexity index is 517. The van der Waals surface area contributed by atoms with E-state index >= 15 is 0 Å². The lowest BCUT2D eigenvalue weighted by Crippen LogP contribution is -2.51. The minimum atomic E-state index is -2.96. The van der Waals surface area contributed by atoms with E-state index < -0.39 is 15.4 Å². The largest absolute Gasteiger partial charge is 0.376 e. The lowest BCUT2D eigenvalue weighted by Gasteiger charge is -2.37. The van der Waals surface area contributed by atoms with E-state index in [-0.39, 0.29) is 23.9 Å². The van der Waals surface area contributed by atoms with Crippen LogP contribution in [0.15, 0.2) is 24.3 Å². The summed E-state index contributed by atoms with van der Waals surface area (Å²) in [5.41, 5.74) is 5.60. The summed E-state index contributed by atoms with van der Waals surface area (Å²) >= 11 is 0. The molecule has 0 unspecified atom stereocenters. The van der Waals surface area contributed by atoms with Crippen LogP contribution in [0.25, 0.3) is 0 Å². The highest BCUT2D eigenvalue weighted by Crippen LogP contribution is 2.28. The third-order valence-electron chi connectivity index (χ3n) is 3.45. The zero-order valence-electron chi connectivity index (χ0n) is 10.0. The number of halogens is 1. The molecule has 1 aliphatic heterocycles. The van der Waals surface area contributed by atoms with Crippen LogP contribution < -0.4 is 11.1 Å². The zero-order chi connectivity index (χ0) is 13.2. The van der Waals surface area contributed by atoms with Gasteiger partial charge in [-0.2, -0.15) is 0 Å². The average molecular weight is 272 g/mol. The zero-order valence-corrected chi connectivity index (χ0v) is 10.8. The van der Waals surface area contributed by atoms with E-state index in [0.29, 0.717) is 18.5 Å². The molecule has 18 heavy (non-hydrogen) atoms. The molecule has 1 fully saturated rings. The Morgan fingerprint density at radius 3 is 2.44 bits per heavy atom. The number of para-hydroxylation sites is 1. The Balaban J connectivity index is 2.18. The van der Waals surface area contributed by atoms with E-state index in [1.54, 1.807) is 18.2 Å². The van der Waals surface area contributed by atoms with Crippen molar-refractivity contribution >= 4 is 15.5 Å². The smallest absolute Gasteiger partial charge is 0.150 e. The van der Waals surface area contributed by atoms with Gasteiger partial charge in [0.1, 0.15) is 5.82 Å². The van der Waals surface area contributed by atoms with Crippen molar-refractivity contribution in [2.24, 2.45) is 5.73 Å². The summed E-state index contributed by atoms with van der Waals surface area (Å²) < 4.78 is 36.4. The standard InChI is InChI=1S/C12H17FN2O2S/c13-10-3-1-2-4-11(10)15-12(9-14)5-7-18(16,17)8-6-12/h1-4,15H,5-9,14H2. The number of nitrogens with two attached hydrogens (primary N) is 1. The second-order valence-electron chi connectivity index (χ2n) is 4.74. The molecule has 0 atom stereocenters. The van der Waals surface area contributed by atoms with Crippen LogP contribution in [0.2, 0.25) is 0 Å². The lowest BCUT2D eigenvalue weighted by atomic mass is 9.92. The first kappa shape index (κ1) is 13.3. The second kappa shape index (κ2) is 4.85. The van der Waals surface area contributed by atoms with Crippen molar-refractivity contribution in [3.63, 3.8) is 0 Å². The summed E-state index contributed by atoms with van der Waals surface area (Å²) in [6.45, 7) is 0.289. The van der Waals surface area contributed by atoms with Crippen molar-refractivity contribution in [3.8, 4) is 0 Å². The quantitative estimate of drug-likeness (QED) is 0.865. The van der Waals surface area contributed by atoms with Crippen molar-refractivity contribution in [2.75, 3.05) is 23.4 Å². The van der Waals surface area contributed by atoms with Crippen LogP contribution in [0.1, 0.15) is 12.8 Å². The minimum absolute atomic E-state index is 0.103. The first-order valence-electron chi connectivity index (χ1n) is 5.90. The van der Waals surface area contributed by atoms with Crippen LogP contribution in [-0.4, -0.2) is 32.0 Å². The Hall–Kier alpha value is -1.14. The van der Waals surface area contributed by atoms with Gasteiger partial charge in [-0.05, 0) is 25.0 Å². The average Bonchev–Trinajstić information content (AvgIpc) is 2.35. The van der Waals surface area contributed by atoms with Crippen molar-refractivity contribution in [1.29, 1.82) is 0 Å². The third kappa shape index (κ3) is 2.81. The molecule has 1 aromatic carbocycles. The summed E-state index contributed by atoms with van der Waals surface area (Å²) in [7, 11) is -2.96. The van der Waals surface area contributed by atoms with Crippen LogP contribution in [0.3, 0.4) is 0 Å². The molecule has 1 aliphatic rings. The molecule has 4 nitrogen and oxygen atoms in total. The van der Waals surface area contributed by atoms with Crippen molar-refractivity contribution in [2.45, 2.75) is 18.4 Å². The van der Waals surface area contributed by atoms with Gasteiger partial charge in [0.05, 0.1) is 22.7 Å². The van der Waals surface area contributed by atoms with Gasteiger partial charge < -0.3 is 11.1 Å². The maximum Gasteiger partial charge on any atom is 0.150 e. The number of hydrogen-bond donors (Lipinski definition) is 2. The van der Waals surface area contributed by atoms with Gasteiger partial charge in [-0.25, -0.2) is 12.8 Å². The van der Waals surface area contributed by atoms with E-state index in [9.17, 15) is 12.8 Å². The molecule has 0 aromatic heterocycles. The molecule has 1 saturated heterocycles. The van der Waals surface area contributed by atoms with Crippen molar-refractivity contribution < 1.29 is 12.8 Å². The predicted molar refractivity (Wildman–Crippen MR) is 69.7 cm³/mol. The summed E-state index contributed by atoms with van der Waals surface area (Å²) in [6.07, 6.45) is 0.834. The van der Waals surface area contributed by atoms with Gasteiger partial charge >= 0.3 is 0 Å². The van der Waals surface area contributed by atoms with Gasteiger partial charge in [0.2, 0.25) is 0 Å². The van der Waals surface area contributed by atoms with Gasteiger partial charge in [0.15, 0.2) is 9.84 Å². The van der Waals surface area contributed by atoms with Crippen LogP contribution in [0.4, 0.5) is 10.1 Å². The number of nitrogens with one attached hydrogen (secondary N) is 1. The van der Waals surface area contributed by atoms with Gasteiger partial charge in [-0.15, -0.1) is 0 Å². The molecule has 0 spiro atoms. The van der Waals surface area contributed by atoms with Crippen LogP contribution >= 0.6 is 0 Å². The monoisotopic (exact) mass is 272 g/mol. The fourth-order valence-electron chi connectivity index (χ4n) is 2.16. The molecule has 0 saturated carbocycles. The Morgan fingerprint density at radius 1 is 1.28 bits per heavy atom. The highest BCUT2D eigenvalue weighted by atomic mass is 32.2. The molecule has 0 aliphatic carbocycles. The number of sulfone groups is 1. The van der Waals surface area contributed by atoms with E-state index in [0.717, 1.165) is 0 Å². The normalized spacial score (nSPS) is 21.4. The SMILES string of the molecule is NCC1(Nc2ccccc2F)CCS(=O)(=O)CC1. The number of hydrogen-bond acceptors (Lipinski definition) is 4. The van der Waals surface area contributed by atoms with E-state index in [1.807, 2.05) is 0 Å². The van der Waals surface area contributed by atoms with E-state index in [2.05, 4.69) is 5.32 Å². The van der Waals surface area contributed by atoms with Crippen molar-refractivity contribution in [1.82, 2.24) is 0 Å². The van der Waals surface area contributed by atoms with E-state index in [1.165, 1.54) is 6.07 Å². The molecule has 100 valence electrons. The Morgan fingerprint density at radius 2 is 1.89 bits per heavy atom. The van der Waals surface area contributed by atoms with Crippen molar-refractivity contribution in [3.05, 3.63) is 30.1 Å². The number of benzene rings is 1. The highest BCUT2D eigenvalue weighted by molar-refractivity contribution is 7.91. The van der Waals surface area contributed by atoms with Crippen LogP contribution in [-0.2, 0) is 9.84 Å². The summed E-state index contributed by atoms with van der Waals surface area (Å²) in [6, 6.07) is 6.35. The molecule has 0 radical (unpaired) electrons. The van der Waals surface area contributed by atoms with E-state index in [4.69, 9.17) is 5.73 Å². The molecule has 0 bridgehead atoms. The van der Waals surface area contributed by atoms with Crippen LogP contribution in [0.5, 0.6) is 0 Å². The second-order valence-corrected chi connectivity index (χ2v) is 7.04. The molecular formula is C12H17FN2O2S. The fourth-order valence-corrected chi connectivity index (χ4v) is 3.76. The highest BCUT2D eigenvalue weighted by Gasteiger charge is 2.36. The molecule has 2 rings (SSSR count). The number of rotatable bonds is 3. The first-order valence-corrected chi connectivity index (χ1v) is 7.72. The maximum atomic E-state index is 13.6. The molecule has 6 heteroatoms. The van der Waals surface area contributed by atoms with Gasteiger partial charge in [0, 0.05) is 6.54 Å². The summed E-state index contributed by atoms with van der Waals surface area (Å²) in [5, 5.41) is 3.09. The lowest BCUT2D eigenvalue weighted by molar-refractivity contribution is 0.423. The Kier molecular flexibility index (Phi) is 3.59. The maximum absolute atomic E-state index is 13.6. The van der Waals surface area contributed by atoms with Gasteiger partial charge in [-0.1, -0.05) is 12.1 Å². The van der Waals surface area contributed by atoms with Crippen LogP contribution in [0, 0.1) is 5.82 Å². The Labute approximate surface area is 106 Å². The van der Waals surface area contributed by atoms with Gasteiger partial charge in [-0.3, -0.25) is 0 Å². The minimum Gasteiger partial charge on any atom is -0.376 e. The molecule has 1 heterocycles. The molecular weight excluding hydrogens is 255 g/mol. The molecule has 1 aromatic rings. The van der Waals surface area contributed by atoms with Gasteiger partial charge in [0.25, 0.3) is 0 Å². The third-order valence-corrected chi connectivity index (χ3v) is 5.10. The molecule has 3 N–H and O–H groups in total. The predicted octanol–water partition coefficient (Wildman–Crippen LogP) is 1.14. The summed E-state index contributed by atoms with van der Waals surface area (Å²) in [5.74, 6) is -0.143. The number of anilines is 1. The molecule has 0 amide bonds. The first-order chi connectivity index (χ1) is 8.46. The summed E-state index contributed by atoms with van der Waals surface area (Å²) in [4.78, 5) is 0. The fraction of sp³-hybridized carbons (Fsp3) is 0.500.